The number of fused-ring (bicyclic) bond motifs is 1. The molecule has 2 aromatic rings. The molecule has 9 nitrogen and oxygen atoms in total. The van der Waals surface area contributed by atoms with Crippen molar-refractivity contribution in [1.82, 2.24) is 10.3 Å². The fourth-order valence-corrected chi connectivity index (χ4v) is 4.41. The fourth-order valence-electron chi connectivity index (χ4n) is 4.41. The molecule has 2 aliphatic rings. The Hall–Kier alpha value is -2.91. The number of benzene rings is 1. The summed E-state index contributed by atoms with van der Waals surface area (Å²) in [5, 5.41) is 15.3. The SMILES string of the molecule is CC(C)Oc1cc2c(OCC3CC(C4(O)CCOCC4)C(=O)N3)nccc2cc1C(N)=O. The lowest BCUT2D eigenvalue weighted by Gasteiger charge is -2.35. The van der Waals surface area contributed by atoms with Crippen molar-refractivity contribution in [2.45, 2.75) is 50.9 Å². The van der Waals surface area contributed by atoms with E-state index in [0.717, 1.165) is 5.39 Å². The number of nitrogens with one attached hydrogen (secondary N) is 1. The van der Waals surface area contributed by atoms with Gasteiger partial charge < -0.3 is 30.4 Å². The van der Waals surface area contributed by atoms with E-state index >= 15 is 0 Å². The molecular formula is C23H29N3O6. The van der Waals surface area contributed by atoms with E-state index < -0.39 is 17.4 Å². The summed E-state index contributed by atoms with van der Waals surface area (Å²) in [5.41, 5.74) is 4.78. The first-order valence-electron chi connectivity index (χ1n) is 10.9. The standard InChI is InChI=1S/C23H29N3O6/c1-13(2)32-19-11-16-14(9-17(19)20(24)27)3-6-25-22(16)31-12-15-10-18(21(28)26-15)23(29)4-7-30-8-5-23/h3,6,9,11,13,15,18,29H,4-5,7-8,10,12H2,1-2H3,(H2,24,27)(H,26,28). The Morgan fingerprint density at radius 2 is 2.12 bits per heavy atom. The van der Waals surface area contributed by atoms with Gasteiger partial charge in [0.05, 0.1) is 29.2 Å². The van der Waals surface area contributed by atoms with Crippen molar-refractivity contribution < 1.29 is 28.9 Å². The summed E-state index contributed by atoms with van der Waals surface area (Å²) in [6.07, 6.45) is 2.82. The third kappa shape index (κ3) is 4.49. The van der Waals surface area contributed by atoms with Crippen LogP contribution in [0.25, 0.3) is 10.8 Å². The highest BCUT2D eigenvalue weighted by atomic mass is 16.5. The molecule has 2 saturated heterocycles. The molecule has 3 heterocycles. The van der Waals surface area contributed by atoms with Gasteiger partial charge in [0.25, 0.3) is 5.91 Å². The van der Waals surface area contributed by atoms with Gasteiger partial charge in [0.15, 0.2) is 0 Å². The highest BCUT2D eigenvalue weighted by Gasteiger charge is 2.47. The van der Waals surface area contributed by atoms with Crippen molar-refractivity contribution in [2.24, 2.45) is 11.7 Å². The van der Waals surface area contributed by atoms with E-state index in [-0.39, 0.29) is 24.7 Å². The smallest absolute Gasteiger partial charge is 0.252 e. The normalized spacial score (nSPS) is 22.7. The topological polar surface area (TPSA) is 133 Å². The fraction of sp³-hybridized carbons (Fsp3) is 0.522. The molecule has 32 heavy (non-hydrogen) atoms. The summed E-state index contributed by atoms with van der Waals surface area (Å²) < 4.78 is 17.1. The minimum Gasteiger partial charge on any atom is -0.490 e. The average Bonchev–Trinajstić information content (AvgIpc) is 3.13. The Morgan fingerprint density at radius 3 is 2.81 bits per heavy atom. The molecule has 4 rings (SSSR count). The molecule has 0 aliphatic carbocycles. The van der Waals surface area contributed by atoms with Gasteiger partial charge in [0, 0.05) is 37.6 Å². The minimum atomic E-state index is -1.04. The Bertz CT molecular complexity index is 1020. The van der Waals surface area contributed by atoms with E-state index in [1.165, 1.54) is 0 Å². The van der Waals surface area contributed by atoms with Crippen molar-refractivity contribution in [3.8, 4) is 11.6 Å². The van der Waals surface area contributed by atoms with Gasteiger partial charge in [-0.25, -0.2) is 4.98 Å². The van der Waals surface area contributed by atoms with Gasteiger partial charge in [-0.2, -0.15) is 0 Å². The Balaban J connectivity index is 1.52. The maximum Gasteiger partial charge on any atom is 0.252 e. The summed E-state index contributed by atoms with van der Waals surface area (Å²) in [6, 6.07) is 4.89. The van der Waals surface area contributed by atoms with Crippen molar-refractivity contribution in [1.29, 1.82) is 0 Å². The van der Waals surface area contributed by atoms with Crippen molar-refractivity contribution in [2.75, 3.05) is 19.8 Å². The van der Waals surface area contributed by atoms with Crippen LogP contribution in [0, 0.1) is 5.92 Å². The number of hydrogen-bond donors (Lipinski definition) is 3. The number of pyridine rings is 1. The lowest BCUT2D eigenvalue weighted by molar-refractivity contribution is -0.139. The summed E-state index contributed by atoms with van der Waals surface area (Å²) in [4.78, 5) is 28.7. The molecule has 0 saturated carbocycles. The summed E-state index contributed by atoms with van der Waals surface area (Å²) in [5.74, 6) is -0.478. The second-order valence-corrected chi connectivity index (χ2v) is 8.74. The highest BCUT2D eigenvalue weighted by molar-refractivity contribution is 6.01. The van der Waals surface area contributed by atoms with Gasteiger partial charge in [-0.3, -0.25) is 9.59 Å². The monoisotopic (exact) mass is 443 g/mol. The molecule has 172 valence electrons. The van der Waals surface area contributed by atoms with Gasteiger partial charge >= 0.3 is 0 Å². The zero-order valence-electron chi connectivity index (χ0n) is 18.3. The largest absolute Gasteiger partial charge is 0.490 e. The second-order valence-electron chi connectivity index (χ2n) is 8.74. The maximum atomic E-state index is 12.5. The molecule has 0 bridgehead atoms. The number of amides is 2. The lowest BCUT2D eigenvalue weighted by atomic mass is 9.79. The van der Waals surface area contributed by atoms with E-state index in [1.807, 2.05) is 13.8 Å². The van der Waals surface area contributed by atoms with Crippen LogP contribution in [0.5, 0.6) is 11.6 Å². The van der Waals surface area contributed by atoms with Crippen LogP contribution in [0.2, 0.25) is 0 Å². The van der Waals surface area contributed by atoms with Crippen LogP contribution in [0.3, 0.4) is 0 Å². The van der Waals surface area contributed by atoms with Crippen molar-refractivity contribution in [3.05, 3.63) is 30.0 Å². The van der Waals surface area contributed by atoms with Crippen LogP contribution in [0.15, 0.2) is 24.4 Å². The van der Waals surface area contributed by atoms with E-state index in [0.29, 0.717) is 55.1 Å². The van der Waals surface area contributed by atoms with Crippen LogP contribution in [-0.4, -0.2) is 59.5 Å². The quantitative estimate of drug-likeness (QED) is 0.591. The first-order valence-corrected chi connectivity index (χ1v) is 10.9. The lowest BCUT2D eigenvalue weighted by Crippen LogP contribution is -2.46. The highest BCUT2D eigenvalue weighted by Crippen LogP contribution is 2.36. The first-order chi connectivity index (χ1) is 15.3. The van der Waals surface area contributed by atoms with E-state index in [2.05, 4.69) is 10.3 Å². The Morgan fingerprint density at radius 1 is 1.38 bits per heavy atom. The van der Waals surface area contributed by atoms with Crippen molar-refractivity contribution >= 4 is 22.6 Å². The van der Waals surface area contributed by atoms with Gasteiger partial charge in [-0.1, -0.05) is 0 Å². The predicted molar refractivity (Wildman–Crippen MR) is 117 cm³/mol. The van der Waals surface area contributed by atoms with Gasteiger partial charge in [0.2, 0.25) is 11.8 Å². The number of nitrogens with zero attached hydrogens (tertiary/aromatic N) is 1. The number of carbonyl (C=O) groups is 2. The van der Waals surface area contributed by atoms with E-state index in [1.54, 1.807) is 24.4 Å². The number of rotatable bonds is 7. The number of nitrogens with two attached hydrogens (primary N) is 1. The van der Waals surface area contributed by atoms with Crippen molar-refractivity contribution in [3.63, 3.8) is 0 Å². The molecule has 2 amide bonds. The number of ether oxygens (including phenoxy) is 3. The molecule has 0 radical (unpaired) electrons. The summed E-state index contributed by atoms with van der Waals surface area (Å²) in [6.45, 7) is 4.84. The number of carbonyl (C=O) groups excluding carboxylic acids is 2. The molecule has 2 atom stereocenters. The minimum absolute atomic E-state index is 0.145. The number of hydrogen-bond acceptors (Lipinski definition) is 7. The molecule has 2 aliphatic heterocycles. The third-order valence-electron chi connectivity index (χ3n) is 6.07. The Labute approximate surface area is 186 Å². The van der Waals surface area contributed by atoms with E-state index in [9.17, 15) is 14.7 Å². The summed E-state index contributed by atoms with van der Waals surface area (Å²) >= 11 is 0. The molecule has 2 fully saturated rings. The van der Waals surface area contributed by atoms with Gasteiger partial charge in [-0.05, 0) is 43.9 Å². The first kappa shape index (κ1) is 22.3. The van der Waals surface area contributed by atoms with Crippen LogP contribution in [0.1, 0.15) is 43.5 Å². The predicted octanol–water partition coefficient (Wildman–Crippen LogP) is 1.55. The zero-order chi connectivity index (χ0) is 22.9. The average molecular weight is 444 g/mol. The van der Waals surface area contributed by atoms with Gasteiger partial charge in [0.1, 0.15) is 12.4 Å². The van der Waals surface area contributed by atoms with Crippen LogP contribution < -0.4 is 20.5 Å². The third-order valence-corrected chi connectivity index (χ3v) is 6.07. The molecule has 4 N–H and O–H groups in total. The number of aromatic nitrogens is 1. The molecule has 1 aromatic carbocycles. The molecule has 1 aromatic heterocycles. The second kappa shape index (κ2) is 8.91. The van der Waals surface area contributed by atoms with Crippen LogP contribution in [0.4, 0.5) is 0 Å². The summed E-state index contributed by atoms with van der Waals surface area (Å²) in [7, 11) is 0. The molecule has 9 heteroatoms. The Kier molecular flexibility index (Phi) is 6.21. The molecule has 0 spiro atoms. The van der Waals surface area contributed by atoms with Gasteiger partial charge in [-0.15, -0.1) is 0 Å². The molecular weight excluding hydrogens is 414 g/mol. The zero-order valence-corrected chi connectivity index (χ0v) is 18.3. The maximum absolute atomic E-state index is 12.5. The van der Waals surface area contributed by atoms with E-state index in [4.69, 9.17) is 19.9 Å². The number of aliphatic hydroxyl groups is 1. The van der Waals surface area contributed by atoms with Crippen LogP contribution in [-0.2, 0) is 9.53 Å². The molecule has 2 unspecified atom stereocenters. The number of primary amides is 1. The van der Waals surface area contributed by atoms with Crippen LogP contribution >= 0.6 is 0 Å².